The number of amides is 1. The third-order valence-corrected chi connectivity index (χ3v) is 4.35. The number of likely N-dealkylation sites (N-methyl/N-ethyl adjacent to an activating group) is 1. The summed E-state index contributed by atoms with van der Waals surface area (Å²) in [5, 5.41) is 8.78. The minimum Gasteiger partial charge on any atom is -0.354 e. The van der Waals surface area contributed by atoms with E-state index in [-0.39, 0.29) is 17.9 Å². The van der Waals surface area contributed by atoms with Crippen LogP contribution < -0.4 is 10.9 Å². The molecule has 0 fully saturated rings. The molecule has 0 unspecified atom stereocenters. The maximum Gasteiger partial charge on any atom is 0.274 e. The molecule has 6 heteroatoms. The summed E-state index contributed by atoms with van der Waals surface area (Å²) in [6.45, 7) is 10.2. The standard InChI is InChI=1S/C19H28N4O2/c1-4-12-23-19(25)16-10-8-7-9-15(16)17(21-23)14-18(24)20-11-13-22(5-2)6-3/h7-10H,4-6,11-14H2,1-3H3,(H,20,24). The number of nitrogens with one attached hydrogen (secondary N) is 1. The van der Waals surface area contributed by atoms with Crippen LogP contribution in [0.1, 0.15) is 32.9 Å². The van der Waals surface area contributed by atoms with E-state index in [4.69, 9.17) is 0 Å². The molecule has 0 atom stereocenters. The van der Waals surface area contributed by atoms with E-state index in [2.05, 4.69) is 29.2 Å². The fourth-order valence-corrected chi connectivity index (χ4v) is 2.91. The number of hydrogen-bond acceptors (Lipinski definition) is 4. The van der Waals surface area contributed by atoms with Crippen molar-refractivity contribution >= 4 is 16.7 Å². The van der Waals surface area contributed by atoms with Crippen LogP contribution in [-0.2, 0) is 17.8 Å². The van der Waals surface area contributed by atoms with Gasteiger partial charge in [0.05, 0.1) is 17.5 Å². The van der Waals surface area contributed by atoms with Crippen LogP contribution in [0.5, 0.6) is 0 Å². The van der Waals surface area contributed by atoms with E-state index < -0.39 is 0 Å². The molecule has 2 rings (SSSR count). The molecule has 1 N–H and O–H groups in total. The third-order valence-electron chi connectivity index (χ3n) is 4.35. The minimum atomic E-state index is -0.0943. The van der Waals surface area contributed by atoms with Crippen LogP contribution in [0.15, 0.2) is 29.1 Å². The molecule has 1 aromatic heterocycles. The molecular weight excluding hydrogens is 316 g/mol. The van der Waals surface area contributed by atoms with Crippen LogP contribution in [0.2, 0.25) is 0 Å². The van der Waals surface area contributed by atoms with Crippen molar-refractivity contribution < 1.29 is 4.79 Å². The van der Waals surface area contributed by atoms with Crippen LogP contribution in [0.25, 0.3) is 10.8 Å². The Morgan fingerprint density at radius 3 is 2.48 bits per heavy atom. The van der Waals surface area contributed by atoms with E-state index in [0.29, 0.717) is 24.2 Å². The first-order chi connectivity index (χ1) is 12.1. The number of fused-ring (bicyclic) bond motifs is 1. The number of carbonyl (C=O) groups excluding carboxylic acids is 1. The Bertz CT molecular complexity index is 766. The van der Waals surface area contributed by atoms with Crippen molar-refractivity contribution in [2.45, 2.75) is 40.2 Å². The topological polar surface area (TPSA) is 67.2 Å². The van der Waals surface area contributed by atoms with Gasteiger partial charge in [-0.05, 0) is 25.6 Å². The summed E-state index contributed by atoms with van der Waals surface area (Å²) in [5.41, 5.74) is 0.562. The zero-order chi connectivity index (χ0) is 18.2. The van der Waals surface area contributed by atoms with Crippen molar-refractivity contribution in [3.63, 3.8) is 0 Å². The summed E-state index contributed by atoms with van der Waals surface area (Å²) in [6.07, 6.45) is 1.00. The van der Waals surface area contributed by atoms with Crippen molar-refractivity contribution in [2.24, 2.45) is 0 Å². The second kappa shape index (κ2) is 9.32. The van der Waals surface area contributed by atoms with E-state index in [9.17, 15) is 9.59 Å². The summed E-state index contributed by atoms with van der Waals surface area (Å²) >= 11 is 0. The van der Waals surface area contributed by atoms with Gasteiger partial charge in [0, 0.05) is 25.0 Å². The Hall–Kier alpha value is -2.21. The Balaban J connectivity index is 2.15. The van der Waals surface area contributed by atoms with E-state index in [0.717, 1.165) is 31.4 Å². The van der Waals surface area contributed by atoms with Gasteiger partial charge in [0.1, 0.15) is 0 Å². The van der Waals surface area contributed by atoms with Gasteiger partial charge in [0.15, 0.2) is 0 Å². The molecule has 1 aromatic carbocycles. The molecule has 0 saturated carbocycles. The number of hydrogen-bond donors (Lipinski definition) is 1. The molecule has 0 aliphatic rings. The highest BCUT2D eigenvalue weighted by atomic mass is 16.1. The Morgan fingerprint density at radius 2 is 1.84 bits per heavy atom. The van der Waals surface area contributed by atoms with Gasteiger partial charge in [-0.3, -0.25) is 9.59 Å². The van der Waals surface area contributed by atoms with E-state index in [1.807, 2.05) is 25.1 Å². The molecular formula is C19H28N4O2. The normalized spacial score (nSPS) is 11.2. The molecule has 2 aromatic rings. The van der Waals surface area contributed by atoms with Gasteiger partial charge in [-0.2, -0.15) is 5.10 Å². The van der Waals surface area contributed by atoms with Crippen LogP contribution in [0.4, 0.5) is 0 Å². The predicted molar refractivity (Wildman–Crippen MR) is 101 cm³/mol. The zero-order valence-corrected chi connectivity index (χ0v) is 15.4. The number of rotatable bonds is 9. The maximum atomic E-state index is 12.5. The van der Waals surface area contributed by atoms with Gasteiger partial charge in [-0.25, -0.2) is 4.68 Å². The highest BCUT2D eigenvalue weighted by Crippen LogP contribution is 2.13. The average molecular weight is 344 g/mol. The first-order valence-electron chi connectivity index (χ1n) is 9.08. The van der Waals surface area contributed by atoms with E-state index in [1.54, 1.807) is 6.07 Å². The third kappa shape index (κ3) is 4.89. The van der Waals surface area contributed by atoms with E-state index >= 15 is 0 Å². The monoisotopic (exact) mass is 344 g/mol. The van der Waals surface area contributed by atoms with Crippen molar-refractivity contribution in [3.8, 4) is 0 Å². The Labute approximate surface area is 148 Å². The average Bonchev–Trinajstić information content (AvgIpc) is 2.63. The van der Waals surface area contributed by atoms with Crippen LogP contribution in [0.3, 0.4) is 0 Å². The summed E-state index contributed by atoms with van der Waals surface area (Å²) in [7, 11) is 0. The molecule has 25 heavy (non-hydrogen) atoms. The van der Waals surface area contributed by atoms with Gasteiger partial charge < -0.3 is 10.2 Å². The molecule has 0 radical (unpaired) electrons. The number of aryl methyl sites for hydroxylation is 1. The fraction of sp³-hybridized carbons (Fsp3) is 0.526. The van der Waals surface area contributed by atoms with Crippen LogP contribution >= 0.6 is 0 Å². The SMILES string of the molecule is CCCn1nc(CC(=O)NCCN(CC)CC)c2ccccc2c1=O. The quantitative estimate of drug-likeness (QED) is 0.753. The molecule has 6 nitrogen and oxygen atoms in total. The summed E-state index contributed by atoms with van der Waals surface area (Å²) in [4.78, 5) is 27.0. The summed E-state index contributed by atoms with van der Waals surface area (Å²) in [5.74, 6) is -0.0634. The van der Waals surface area contributed by atoms with Gasteiger partial charge in [0.25, 0.3) is 5.56 Å². The van der Waals surface area contributed by atoms with Gasteiger partial charge >= 0.3 is 0 Å². The second-order valence-corrected chi connectivity index (χ2v) is 6.07. The largest absolute Gasteiger partial charge is 0.354 e. The zero-order valence-electron chi connectivity index (χ0n) is 15.4. The smallest absolute Gasteiger partial charge is 0.274 e. The molecule has 0 spiro atoms. The number of aromatic nitrogens is 2. The summed E-state index contributed by atoms with van der Waals surface area (Å²) in [6, 6.07) is 7.37. The number of benzene rings is 1. The van der Waals surface area contributed by atoms with Gasteiger partial charge in [-0.15, -0.1) is 0 Å². The highest BCUT2D eigenvalue weighted by molar-refractivity contribution is 5.88. The first-order valence-corrected chi connectivity index (χ1v) is 9.08. The van der Waals surface area contributed by atoms with Crippen molar-refractivity contribution in [3.05, 3.63) is 40.3 Å². The van der Waals surface area contributed by atoms with Crippen molar-refractivity contribution in [1.82, 2.24) is 20.0 Å². The lowest BCUT2D eigenvalue weighted by Gasteiger charge is -2.18. The molecule has 0 saturated heterocycles. The highest BCUT2D eigenvalue weighted by Gasteiger charge is 2.13. The van der Waals surface area contributed by atoms with Crippen LogP contribution in [-0.4, -0.2) is 46.8 Å². The predicted octanol–water partition coefficient (Wildman–Crippen LogP) is 1.81. The van der Waals surface area contributed by atoms with Gasteiger partial charge in [-0.1, -0.05) is 39.0 Å². The maximum absolute atomic E-state index is 12.5. The van der Waals surface area contributed by atoms with Crippen LogP contribution in [0, 0.1) is 0 Å². The minimum absolute atomic E-state index is 0.0634. The molecule has 0 aliphatic carbocycles. The Morgan fingerprint density at radius 1 is 1.16 bits per heavy atom. The lowest BCUT2D eigenvalue weighted by Crippen LogP contribution is -2.36. The lowest BCUT2D eigenvalue weighted by molar-refractivity contribution is -0.120. The molecule has 136 valence electrons. The first kappa shape index (κ1) is 19.1. The molecule has 0 aliphatic heterocycles. The van der Waals surface area contributed by atoms with Crippen molar-refractivity contribution in [1.29, 1.82) is 0 Å². The van der Waals surface area contributed by atoms with Gasteiger partial charge in [0.2, 0.25) is 5.91 Å². The lowest BCUT2D eigenvalue weighted by atomic mass is 10.1. The second-order valence-electron chi connectivity index (χ2n) is 6.07. The number of carbonyl (C=O) groups is 1. The summed E-state index contributed by atoms with van der Waals surface area (Å²) < 4.78 is 1.47. The van der Waals surface area contributed by atoms with E-state index in [1.165, 1.54) is 4.68 Å². The number of nitrogens with zero attached hydrogens (tertiary/aromatic N) is 3. The van der Waals surface area contributed by atoms with Crippen molar-refractivity contribution in [2.75, 3.05) is 26.2 Å². The fourth-order valence-electron chi connectivity index (χ4n) is 2.91. The molecule has 0 bridgehead atoms. The Kier molecular flexibility index (Phi) is 7.13. The molecule has 1 amide bonds. The molecule has 1 heterocycles.